The Morgan fingerprint density at radius 1 is 1.07 bits per heavy atom. The van der Waals surface area contributed by atoms with Gasteiger partial charge in [0, 0.05) is 5.56 Å². The first-order valence-corrected chi connectivity index (χ1v) is 10.1. The molecule has 2 rings (SSSR count). The molecule has 4 nitrogen and oxygen atoms in total. The van der Waals surface area contributed by atoms with Crippen LogP contribution < -0.4 is 16.0 Å². The molecule has 0 unspecified atom stereocenters. The van der Waals surface area contributed by atoms with Crippen molar-refractivity contribution in [2.75, 3.05) is 5.32 Å². The van der Waals surface area contributed by atoms with Crippen molar-refractivity contribution in [3.63, 3.8) is 0 Å². The van der Waals surface area contributed by atoms with E-state index in [1.165, 1.54) is 0 Å². The van der Waals surface area contributed by atoms with Crippen molar-refractivity contribution >= 4 is 75.3 Å². The quantitative estimate of drug-likeness (QED) is 0.261. The van der Waals surface area contributed by atoms with Crippen molar-refractivity contribution in [2.45, 2.75) is 23.1 Å². The van der Waals surface area contributed by atoms with E-state index in [2.05, 4.69) is 16.0 Å². The molecule has 30 heavy (non-hydrogen) atoms. The second-order valence-corrected chi connectivity index (χ2v) is 9.24. The number of amides is 1. The summed E-state index contributed by atoms with van der Waals surface area (Å²) in [4.78, 5) is 12.5. The molecule has 3 N–H and O–H groups in total. The molecule has 0 saturated heterocycles. The fourth-order valence-corrected chi connectivity index (χ4v) is 3.04. The Balaban J connectivity index is 2.17. The van der Waals surface area contributed by atoms with Crippen LogP contribution >= 0.6 is 58.6 Å². The minimum Gasteiger partial charge on any atom is -0.339 e. The third-order valence-corrected chi connectivity index (χ3v) is 5.01. The maximum Gasteiger partial charge on any atom is 0.416 e. The Morgan fingerprint density at radius 3 is 2.27 bits per heavy atom. The maximum absolute atomic E-state index is 12.9. The lowest BCUT2D eigenvalue weighted by atomic mass is 10.1. The molecule has 0 bridgehead atoms. The van der Waals surface area contributed by atoms with Crippen LogP contribution in [-0.2, 0) is 6.18 Å². The third kappa shape index (κ3) is 6.78. The summed E-state index contributed by atoms with van der Waals surface area (Å²) >= 11 is 28.8. The van der Waals surface area contributed by atoms with Gasteiger partial charge in [-0.15, -0.1) is 0 Å². The molecule has 1 amide bonds. The van der Waals surface area contributed by atoms with Crippen LogP contribution in [0.15, 0.2) is 42.5 Å². The van der Waals surface area contributed by atoms with Crippen molar-refractivity contribution in [2.24, 2.45) is 0 Å². The Labute approximate surface area is 196 Å². The van der Waals surface area contributed by atoms with E-state index >= 15 is 0 Å². The number of nitrogens with one attached hydrogen (secondary N) is 3. The van der Waals surface area contributed by atoms with E-state index in [-0.39, 0.29) is 15.8 Å². The van der Waals surface area contributed by atoms with Crippen molar-refractivity contribution in [1.82, 2.24) is 10.6 Å². The minimum atomic E-state index is -4.57. The van der Waals surface area contributed by atoms with E-state index in [9.17, 15) is 18.0 Å². The fourth-order valence-electron chi connectivity index (χ4n) is 2.32. The average molecular weight is 519 g/mol. The number of halogens is 7. The van der Waals surface area contributed by atoms with E-state index in [4.69, 9.17) is 58.6 Å². The number of thiocarbonyl (C=S) groups is 1. The number of aryl methyl sites for hydroxylation is 1. The van der Waals surface area contributed by atoms with Crippen molar-refractivity contribution in [3.8, 4) is 0 Å². The Hall–Kier alpha value is -1.45. The monoisotopic (exact) mass is 517 g/mol. The first-order valence-electron chi connectivity index (χ1n) is 8.16. The summed E-state index contributed by atoms with van der Waals surface area (Å²) in [5, 5.41) is 7.33. The van der Waals surface area contributed by atoms with E-state index in [1.807, 2.05) is 0 Å². The zero-order chi connectivity index (χ0) is 22.7. The molecule has 162 valence electrons. The third-order valence-electron chi connectivity index (χ3n) is 3.81. The number of anilines is 1. The maximum atomic E-state index is 12.9. The van der Waals surface area contributed by atoms with Gasteiger partial charge in [0.25, 0.3) is 5.91 Å². The highest BCUT2D eigenvalue weighted by Crippen LogP contribution is 2.34. The van der Waals surface area contributed by atoms with Crippen molar-refractivity contribution in [3.05, 3.63) is 64.2 Å². The van der Waals surface area contributed by atoms with Crippen molar-refractivity contribution in [1.29, 1.82) is 0 Å². The lowest BCUT2D eigenvalue weighted by Gasteiger charge is -2.28. The summed E-state index contributed by atoms with van der Waals surface area (Å²) < 4.78 is 36.7. The van der Waals surface area contributed by atoms with Gasteiger partial charge >= 0.3 is 6.18 Å². The molecule has 0 aliphatic rings. The lowest BCUT2D eigenvalue weighted by Crippen LogP contribution is -2.56. The van der Waals surface area contributed by atoms with Crippen LogP contribution in [0.1, 0.15) is 21.5 Å². The molecule has 0 heterocycles. The van der Waals surface area contributed by atoms with Gasteiger partial charge in [0.2, 0.25) is 3.79 Å². The highest BCUT2D eigenvalue weighted by molar-refractivity contribution is 7.80. The van der Waals surface area contributed by atoms with Gasteiger partial charge in [-0.2, -0.15) is 13.2 Å². The normalized spacial score (nSPS) is 12.8. The number of benzene rings is 2. The first kappa shape index (κ1) is 24.8. The smallest absolute Gasteiger partial charge is 0.339 e. The topological polar surface area (TPSA) is 53.2 Å². The standard InChI is InChI=1S/C18H14Cl4F3N3OS/c1-9-4-2-3-5-11(9)14(29)27-15(17(20,21)22)28-16(30)26-13-8-10(18(23,24)25)6-7-12(13)19/h2-8,15H,1H3,(H,27,29)(H2,26,28,30)/t15-/m0/s1. The van der Waals surface area contributed by atoms with Gasteiger partial charge in [0.05, 0.1) is 16.3 Å². The summed E-state index contributed by atoms with van der Waals surface area (Å²) in [6, 6.07) is 9.43. The SMILES string of the molecule is Cc1ccccc1C(=O)N[C@@H](NC(=S)Nc1cc(C(F)(F)F)ccc1Cl)C(Cl)(Cl)Cl. The van der Waals surface area contributed by atoms with Crippen LogP contribution in [0.2, 0.25) is 5.02 Å². The van der Waals surface area contributed by atoms with Gasteiger partial charge in [-0.25, -0.2) is 0 Å². The Morgan fingerprint density at radius 2 is 1.70 bits per heavy atom. The number of alkyl halides is 6. The average Bonchev–Trinajstić information content (AvgIpc) is 2.61. The Kier molecular flexibility index (Phi) is 8.09. The molecule has 0 aromatic heterocycles. The van der Waals surface area contributed by atoms with E-state index in [0.717, 1.165) is 18.2 Å². The largest absolute Gasteiger partial charge is 0.416 e. The van der Waals surface area contributed by atoms with Crippen LogP contribution in [0.25, 0.3) is 0 Å². The lowest BCUT2D eigenvalue weighted by molar-refractivity contribution is -0.137. The molecule has 0 spiro atoms. The molecule has 0 fully saturated rings. The van der Waals surface area contributed by atoms with Gasteiger partial charge in [-0.3, -0.25) is 4.79 Å². The second-order valence-electron chi connectivity index (χ2n) is 6.05. The minimum absolute atomic E-state index is 0.0125. The van der Waals surface area contributed by atoms with Crippen LogP contribution in [0.4, 0.5) is 18.9 Å². The van der Waals surface area contributed by atoms with Crippen LogP contribution in [0, 0.1) is 6.92 Å². The molecule has 2 aromatic rings. The number of rotatable bonds is 4. The van der Waals surface area contributed by atoms with Gasteiger partial charge in [-0.05, 0) is 49.0 Å². The highest BCUT2D eigenvalue weighted by atomic mass is 35.6. The number of carbonyl (C=O) groups excluding carboxylic acids is 1. The molecule has 0 aliphatic heterocycles. The van der Waals surface area contributed by atoms with Crippen molar-refractivity contribution < 1.29 is 18.0 Å². The van der Waals surface area contributed by atoms with Gasteiger partial charge in [0.1, 0.15) is 6.17 Å². The highest BCUT2D eigenvalue weighted by Gasteiger charge is 2.35. The van der Waals surface area contributed by atoms with Gasteiger partial charge in [-0.1, -0.05) is 64.6 Å². The van der Waals surface area contributed by atoms with Crippen LogP contribution in [0.5, 0.6) is 0 Å². The zero-order valence-electron chi connectivity index (χ0n) is 15.1. The summed E-state index contributed by atoms with van der Waals surface area (Å²) in [5.74, 6) is -0.545. The van der Waals surface area contributed by atoms with Gasteiger partial charge < -0.3 is 16.0 Å². The zero-order valence-corrected chi connectivity index (χ0v) is 18.9. The van der Waals surface area contributed by atoms with E-state index in [1.54, 1.807) is 31.2 Å². The molecule has 0 saturated carbocycles. The molecule has 1 atom stereocenters. The number of carbonyl (C=O) groups is 1. The molecule has 2 aromatic carbocycles. The first-order chi connectivity index (χ1) is 13.8. The van der Waals surface area contributed by atoms with E-state index in [0.29, 0.717) is 11.1 Å². The summed E-state index contributed by atoms with van der Waals surface area (Å²) in [7, 11) is 0. The predicted octanol–water partition coefficient (Wildman–Crippen LogP) is 6.08. The fraction of sp³-hybridized carbons (Fsp3) is 0.222. The second kappa shape index (κ2) is 9.78. The van der Waals surface area contributed by atoms with Crippen LogP contribution in [0.3, 0.4) is 0 Å². The van der Waals surface area contributed by atoms with Crippen LogP contribution in [-0.4, -0.2) is 21.0 Å². The molecular formula is C18H14Cl4F3N3OS. The summed E-state index contributed by atoms with van der Waals surface area (Å²) in [5.41, 5.74) is -0.00635. The summed E-state index contributed by atoms with van der Waals surface area (Å²) in [6.45, 7) is 1.73. The molecular weight excluding hydrogens is 505 g/mol. The van der Waals surface area contributed by atoms with Gasteiger partial charge in [0.15, 0.2) is 5.11 Å². The molecule has 12 heteroatoms. The molecule has 0 radical (unpaired) electrons. The Bertz CT molecular complexity index is 951. The number of hydrogen-bond acceptors (Lipinski definition) is 2. The predicted molar refractivity (Wildman–Crippen MR) is 119 cm³/mol. The number of hydrogen-bond donors (Lipinski definition) is 3. The van der Waals surface area contributed by atoms with E-state index < -0.39 is 27.6 Å². The molecule has 0 aliphatic carbocycles. The summed E-state index contributed by atoms with van der Waals surface area (Å²) in [6.07, 6.45) is -5.88.